The van der Waals surface area contributed by atoms with E-state index in [4.69, 9.17) is 16.2 Å². The summed E-state index contributed by atoms with van der Waals surface area (Å²) in [5, 5.41) is 19.2. The van der Waals surface area contributed by atoms with Crippen LogP contribution in [-0.2, 0) is 13.1 Å². The predicted octanol–water partition coefficient (Wildman–Crippen LogP) is 6.66. The molecule has 12 nitrogen and oxygen atoms in total. The number of hydrogen-bond donors (Lipinski definition) is 5. The maximum atomic E-state index is 11.5. The number of phenols is 1. The standard InChI is InChI=1S/C21H24N4O2S.C20H22N4O2S/c1-27-18-5-3-2-4-14(18)13-25-8-6-15(7-9-25)24-17-11-23-12-20-16(17)10-19(28-20)21(22)26;21-20(26)18-9-15-16(10-22-11-19(15)27-18)23-14-5-7-24(8-6-14)12-13-3-1-2-4-17(13)25/h2-5,10-12,15,24H,6-9,13H2,1H3,(H2,22,26);1-4,9-11,14,23,25H,5-8,12H2,(H2,21,26). The lowest BCUT2D eigenvalue weighted by Crippen LogP contribution is -2.38. The predicted molar refractivity (Wildman–Crippen MR) is 221 cm³/mol. The zero-order chi connectivity index (χ0) is 38.3. The molecule has 7 N–H and O–H groups in total. The number of nitrogens with zero attached hydrogens (tertiary/aromatic N) is 4. The summed E-state index contributed by atoms with van der Waals surface area (Å²) >= 11 is 2.77. The minimum absolute atomic E-state index is 0.356. The molecule has 55 heavy (non-hydrogen) atoms. The van der Waals surface area contributed by atoms with E-state index < -0.39 is 11.8 Å². The van der Waals surface area contributed by atoms with Crippen molar-refractivity contribution in [3.8, 4) is 11.5 Å². The van der Waals surface area contributed by atoms with Gasteiger partial charge >= 0.3 is 0 Å². The highest BCUT2D eigenvalue weighted by Gasteiger charge is 2.23. The maximum Gasteiger partial charge on any atom is 0.258 e. The van der Waals surface area contributed by atoms with Crippen LogP contribution in [0.1, 0.15) is 56.2 Å². The molecule has 0 aliphatic carbocycles. The number of phenolic OH excluding ortho intramolecular Hbond substituents is 1. The second kappa shape index (κ2) is 17.5. The van der Waals surface area contributed by atoms with Crippen LogP contribution in [0.25, 0.3) is 20.2 Å². The molecule has 0 radical (unpaired) electrons. The van der Waals surface area contributed by atoms with Crippen molar-refractivity contribution in [2.24, 2.45) is 11.5 Å². The van der Waals surface area contributed by atoms with E-state index >= 15 is 0 Å². The number of methoxy groups -OCH3 is 1. The number of pyridine rings is 2. The van der Waals surface area contributed by atoms with Gasteiger partial charge in [0.2, 0.25) is 0 Å². The highest BCUT2D eigenvalue weighted by atomic mass is 32.1. The van der Waals surface area contributed by atoms with Gasteiger partial charge in [0, 0.05) is 85.6 Å². The number of aromatic hydroxyl groups is 1. The monoisotopic (exact) mass is 778 g/mol. The molecular formula is C41H46N8O4S2. The summed E-state index contributed by atoms with van der Waals surface area (Å²) < 4.78 is 7.41. The normalized spacial score (nSPS) is 15.7. The van der Waals surface area contributed by atoms with Crippen molar-refractivity contribution in [2.45, 2.75) is 50.9 Å². The van der Waals surface area contributed by atoms with Crippen LogP contribution < -0.4 is 26.8 Å². The van der Waals surface area contributed by atoms with E-state index in [1.807, 2.05) is 54.9 Å². The molecule has 0 unspecified atom stereocenters. The number of para-hydroxylation sites is 2. The van der Waals surface area contributed by atoms with Crippen molar-refractivity contribution >= 4 is 66.0 Å². The highest BCUT2D eigenvalue weighted by molar-refractivity contribution is 7.21. The Bertz CT molecular complexity index is 2260. The fourth-order valence-corrected chi connectivity index (χ4v) is 9.08. The molecule has 14 heteroatoms. The number of aromatic nitrogens is 2. The number of likely N-dealkylation sites (tertiary alicyclic amines) is 2. The van der Waals surface area contributed by atoms with Gasteiger partial charge in [0.05, 0.1) is 50.0 Å². The van der Waals surface area contributed by atoms with E-state index in [9.17, 15) is 14.7 Å². The molecule has 286 valence electrons. The Morgan fingerprint density at radius 1 is 0.727 bits per heavy atom. The summed E-state index contributed by atoms with van der Waals surface area (Å²) in [6.45, 7) is 5.64. The second-order valence-electron chi connectivity index (χ2n) is 14.0. The van der Waals surface area contributed by atoms with Crippen LogP contribution in [0.2, 0.25) is 0 Å². The lowest BCUT2D eigenvalue weighted by molar-refractivity contribution is 0.0995. The Balaban J connectivity index is 0.000000169. The third kappa shape index (κ3) is 9.34. The van der Waals surface area contributed by atoms with E-state index in [0.717, 1.165) is 108 Å². The van der Waals surface area contributed by atoms with Crippen LogP contribution in [-0.4, -0.2) is 82.1 Å². The van der Waals surface area contributed by atoms with Crippen molar-refractivity contribution in [3.05, 3.63) is 106 Å². The smallest absolute Gasteiger partial charge is 0.258 e. The minimum atomic E-state index is -0.403. The Kier molecular flexibility index (Phi) is 12.1. The third-order valence-corrected chi connectivity index (χ3v) is 12.4. The number of hydrogen-bond acceptors (Lipinski definition) is 12. The lowest BCUT2D eigenvalue weighted by Gasteiger charge is -2.33. The van der Waals surface area contributed by atoms with Gasteiger partial charge in [-0.3, -0.25) is 29.4 Å². The minimum Gasteiger partial charge on any atom is -0.508 e. The van der Waals surface area contributed by atoms with Crippen molar-refractivity contribution in [3.63, 3.8) is 0 Å². The molecule has 2 aliphatic rings. The number of rotatable bonds is 11. The number of anilines is 2. The van der Waals surface area contributed by atoms with Crippen molar-refractivity contribution < 1.29 is 19.4 Å². The first-order valence-corrected chi connectivity index (χ1v) is 20.1. The number of primary amides is 2. The van der Waals surface area contributed by atoms with Crippen molar-refractivity contribution in [1.82, 2.24) is 19.8 Å². The van der Waals surface area contributed by atoms with Crippen LogP contribution in [0, 0.1) is 0 Å². The summed E-state index contributed by atoms with van der Waals surface area (Å²) in [6, 6.07) is 20.2. The number of ether oxygens (including phenoxy) is 1. The average molecular weight is 779 g/mol. The Labute approximate surface area is 328 Å². The quantitative estimate of drug-likeness (QED) is 0.0959. The summed E-state index contributed by atoms with van der Waals surface area (Å²) in [7, 11) is 1.72. The molecule has 8 rings (SSSR count). The number of piperidine rings is 2. The number of fused-ring (bicyclic) bond motifs is 2. The Morgan fingerprint density at radius 2 is 1.18 bits per heavy atom. The third-order valence-electron chi connectivity index (χ3n) is 10.2. The Morgan fingerprint density at radius 3 is 1.65 bits per heavy atom. The fourth-order valence-electron chi connectivity index (χ4n) is 7.26. The van der Waals surface area contributed by atoms with E-state index in [1.54, 1.807) is 25.6 Å². The summed E-state index contributed by atoms with van der Waals surface area (Å²) in [6.07, 6.45) is 11.3. The molecule has 6 aromatic rings. The number of amides is 2. The molecule has 0 atom stereocenters. The summed E-state index contributed by atoms with van der Waals surface area (Å²) in [5.74, 6) is 0.512. The van der Waals surface area contributed by atoms with Gasteiger partial charge in [-0.2, -0.15) is 0 Å². The molecular weight excluding hydrogens is 733 g/mol. The van der Waals surface area contributed by atoms with E-state index in [2.05, 4.69) is 42.5 Å². The number of thiophene rings is 2. The topological polar surface area (TPSA) is 172 Å². The zero-order valence-electron chi connectivity index (χ0n) is 30.7. The van der Waals surface area contributed by atoms with Crippen molar-refractivity contribution in [2.75, 3.05) is 43.9 Å². The fraction of sp³-hybridized carbons (Fsp3) is 0.317. The van der Waals surface area contributed by atoms with Gasteiger partial charge in [-0.15, -0.1) is 22.7 Å². The second-order valence-corrected chi connectivity index (χ2v) is 16.1. The molecule has 0 spiro atoms. The first kappa shape index (κ1) is 38.0. The van der Waals surface area contributed by atoms with Gasteiger partial charge in [0.15, 0.2) is 0 Å². The van der Waals surface area contributed by atoms with Crippen LogP contribution in [0.15, 0.2) is 85.5 Å². The van der Waals surface area contributed by atoms with E-state index in [0.29, 0.717) is 27.6 Å². The van der Waals surface area contributed by atoms with Gasteiger partial charge in [-0.05, 0) is 49.9 Å². The summed E-state index contributed by atoms with van der Waals surface area (Å²) in [5.41, 5.74) is 15.0. The van der Waals surface area contributed by atoms with Gasteiger partial charge in [-0.25, -0.2) is 0 Å². The van der Waals surface area contributed by atoms with Crippen LogP contribution in [0.5, 0.6) is 11.5 Å². The van der Waals surface area contributed by atoms with Gasteiger partial charge in [0.1, 0.15) is 11.5 Å². The molecule has 2 fully saturated rings. The number of nitrogens with one attached hydrogen (secondary N) is 2. The summed E-state index contributed by atoms with van der Waals surface area (Å²) in [4.78, 5) is 37.5. The largest absolute Gasteiger partial charge is 0.508 e. The van der Waals surface area contributed by atoms with Crippen molar-refractivity contribution in [1.29, 1.82) is 0 Å². The maximum absolute atomic E-state index is 11.5. The van der Waals surface area contributed by atoms with E-state index in [1.165, 1.54) is 28.2 Å². The lowest BCUT2D eigenvalue weighted by atomic mass is 10.0. The molecule has 2 aliphatic heterocycles. The molecule has 2 amide bonds. The molecule has 4 aromatic heterocycles. The molecule has 6 heterocycles. The SMILES string of the molecule is COc1ccccc1CN1CCC(Nc2cncc3sc(C(N)=O)cc23)CC1.NC(=O)c1cc2c(NC3CCN(Cc4ccccc4O)CC3)cncc2s1. The number of carbonyl (C=O) groups is 2. The number of carbonyl (C=O) groups excluding carboxylic acids is 2. The molecule has 2 aromatic carbocycles. The number of benzene rings is 2. The van der Waals surface area contributed by atoms with Gasteiger partial charge in [-0.1, -0.05) is 36.4 Å². The van der Waals surface area contributed by atoms with E-state index in [-0.39, 0.29) is 0 Å². The van der Waals surface area contributed by atoms with Gasteiger partial charge < -0.3 is 31.9 Å². The highest BCUT2D eigenvalue weighted by Crippen LogP contribution is 2.33. The average Bonchev–Trinajstić information content (AvgIpc) is 3.85. The van der Waals surface area contributed by atoms with Crippen LogP contribution in [0.3, 0.4) is 0 Å². The molecule has 2 saturated heterocycles. The van der Waals surface area contributed by atoms with Crippen LogP contribution >= 0.6 is 22.7 Å². The Hall–Kier alpha value is -5.28. The molecule has 0 bridgehead atoms. The van der Waals surface area contributed by atoms with Gasteiger partial charge in [0.25, 0.3) is 11.8 Å². The zero-order valence-corrected chi connectivity index (χ0v) is 32.4. The number of nitrogens with two attached hydrogens (primary N) is 2. The first-order valence-electron chi connectivity index (χ1n) is 18.4. The molecule has 0 saturated carbocycles. The van der Waals surface area contributed by atoms with Crippen LogP contribution in [0.4, 0.5) is 11.4 Å². The first-order chi connectivity index (χ1) is 26.7.